The third-order valence-corrected chi connectivity index (χ3v) is 4.61. The second kappa shape index (κ2) is 6.84. The van der Waals surface area contributed by atoms with Gasteiger partial charge in [0.05, 0.1) is 5.02 Å². The molecule has 6 nitrogen and oxygen atoms in total. The Hall–Kier alpha value is -2.03. The number of rotatable bonds is 5. The van der Waals surface area contributed by atoms with E-state index in [4.69, 9.17) is 17.3 Å². The first-order valence-corrected chi connectivity index (χ1v) is 8.41. The van der Waals surface area contributed by atoms with Crippen molar-refractivity contribution in [1.29, 1.82) is 0 Å². The number of nitrogens with two attached hydrogens (primary N) is 1. The number of likely N-dealkylation sites (N-methyl/N-ethyl adjacent to an activating group) is 1. The zero-order valence-electron chi connectivity index (χ0n) is 13.2. The summed E-state index contributed by atoms with van der Waals surface area (Å²) in [7, 11) is 4.01. The number of hydrogen-bond acceptors (Lipinski definition) is 7. The lowest BCUT2D eigenvalue weighted by molar-refractivity contribution is 0.425. The molecule has 0 saturated heterocycles. The molecule has 0 aliphatic carbocycles. The zero-order chi connectivity index (χ0) is 17.3. The van der Waals surface area contributed by atoms with Crippen LogP contribution in [0.3, 0.4) is 0 Å². The Labute approximate surface area is 147 Å². The highest BCUT2D eigenvalue weighted by Gasteiger charge is 2.13. The van der Waals surface area contributed by atoms with Crippen LogP contribution in [0.25, 0.3) is 21.7 Å². The highest BCUT2D eigenvalue weighted by Crippen LogP contribution is 2.31. The van der Waals surface area contributed by atoms with Crippen molar-refractivity contribution >= 4 is 44.2 Å². The summed E-state index contributed by atoms with van der Waals surface area (Å²) in [5.41, 5.74) is 7.13. The van der Waals surface area contributed by atoms with Gasteiger partial charge in [-0.25, -0.2) is 14.4 Å². The molecule has 24 heavy (non-hydrogen) atoms. The van der Waals surface area contributed by atoms with Crippen molar-refractivity contribution < 1.29 is 4.39 Å². The summed E-state index contributed by atoms with van der Waals surface area (Å²) < 4.78 is 14.0. The average molecular weight is 367 g/mol. The average Bonchev–Trinajstić information content (AvgIpc) is 2.93. The van der Waals surface area contributed by atoms with E-state index in [1.807, 2.05) is 14.1 Å². The van der Waals surface area contributed by atoms with Gasteiger partial charge in [0.15, 0.2) is 16.6 Å². The van der Waals surface area contributed by atoms with Crippen LogP contribution in [-0.2, 0) is 0 Å². The second-order valence-electron chi connectivity index (χ2n) is 5.46. The monoisotopic (exact) mass is 366 g/mol. The fourth-order valence-corrected chi connectivity index (χ4v) is 3.08. The van der Waals surface area contributed by atoms with Gasteiger partial charge in [-0.3, -0.25) is 0 Å². The molecule has 3 rings (SSSR count). The number of halogens is 2. The summed E-state index contributed by atoms with van der Waals surface area (Å²) >= 11 is 7.23. The van der Waals surface area contributed by atoms with E-state index in [0.29, 0.717) is 22.9 Å². The van der Waals surface area contributed by atoms with Crippen molar-refractivity contribution in [2.24, 2.45) is 0 Å². The second-order valence-corrected chi connectivity index (χ2v) is 6.87. The van der Waals surface area contributed by atoms with Gasteiger partial charge < -0.3 is 16.0 Å². The molecule has 9 heteroatoms. The lowest BCUT2D eigenvalue weighted by atomic mass is 10.2. The lowest BCUT2D eigenvalue weighted by Crippen LogP contribution is -2.20. The molecular weight excluding hydrogens is 351 g/mol. The van der Waals surface area contributed by atoms with Crippen LogP contribution in [0.15, 0.2) is 18.2 Å². The third kappa shape index (κ3) is 3.55. The summed E-state index contributed by atoms with van der Waals surface area (Å²) in [5, 5.41) is 3.99. The van der Waals surface area contributed by atoms with Crippen LogP contribution < -0.4 is 11.1 Å². The normalized spacial score (nSPS) is 11.4. The summed E-state index contributed by atoms with van der Waals surface area (Å²) in [6.07, 6.45) is 0. The maximum atomic E-state index is 13.3. The summed E-state index contributed by atoms with van der Waals surface area (Å²) in [4.78, 5) is 15.2. The fraction of sp³-hybridized carbons (Fsp3) is 0.267. The van der Waals surface area contributed by atoms with Gasteiger partial charge in [0.1, 0.15) is 16.3 Å². The molecule has 1 aromatic carbocycles. The maximum absolute atomic E-state index is 13.3. The molecule has 0 aliphatic heterocycles. The SMILES string of the molecule is CN(C)CCNc1nc2nc(-c3ccc(F)c(Cl)c3)nc(N)c2s1. The minimum atomic E-state index is -0.490. The van der Waals surface area contributed by atoms with E-state index in [2.05, 4.69) is 25.2 Å². The number of benzene rings is 1. The number of nitrogen functional groups attached to an aromatic ring is 1. The Kier molecular flexibility index (Phi) is 4.79. The fourth-order valence-electron chi connectivity index (χ4n) is 2.07. The molecule has 2 aromatic heterocycles. The topological polar surface area (TPSA) is 80.0 Å². The van der Waals surface area contributed by atoms with E-state index in [0.717, 1.165) is 22.9 Å². The molecule has 0 radical (unpaired) electrons. The summed E-state index contributed by atoms with van der Waals surface area (Å²) in [5.74, 6) is 0.219. The molecule has 0 bridgehead atoms. The molecule has 126 valence electrons. The van der Waals surface area contributed by atoms with Gasteiger partial charge in [-0.1, -0.05) is 22.9 Å². The number of hydrogen-bond donors (Lipinski definition) is 2. The van der Waals surface area contributed by atoms with E-state index in [1.54, 1.807) is 6.07 Å². The van der Waals surface area contributed by atoms with Crippen molar-refractivity contribution in [3.63, 3.8) is 0 Å². The van der Waals surface area contributed by atoms with Crippen LogP contribution in [-0.4, -0.2) is 47.0 Å². The highest BCUT2D eigenvalue weighted by atomic mass is 35.5. The number of nitrogens with zero attached hydrogens (tertiary/aromatic N) is 4. The van der Waals surface area contributed by atoms with E-state index in [-0.39, 0.29) is 5.02 Å². The van der Waals surface area contributed by atoms with Crippen LogP contribution in [0.1, 0.15) is 0 Å². The van der Waals surface area contributed by atoms with E-state index >= 15 is 0 Å². The lowest BCUT2D eigenvalue weighted by Gasteiger charge is -2.08. The maximum Gasteiger partial charge on any atom is 0.185 e. The van der Waals surface area contributed by atoms with Crippen molar-refractivity contribution in [2.45, 2.75) is 0 Å². The minimum absolute atomic E-state index is 0.0130. The van der Waals surface area contributed by atoms with Crippen molar-refractivity contribution in [3.8, 4) is 11.4 Å². The quantitative estimate of drug-likeness (QED) is 0.722. The van der Waals surface area contributed by atoms with Gasteiger partial charge in [-0.05, 0) is 32.3 Å². The van der Waals surface area contributed by atoms with Crippen LogP contribution in [0.5, 0.6) is 0 Å². The smallest absolute Gasteiger partial charge is 0.185 e. The standard InChI is InChI=1S/C15H16ClFN6S/c1-23(2)6-5-19-15-22-14-11(24-15)12(18)20-13(21-14)8-3-4-10(17)9(16)7-8/h3-4,7H,5-6H2,1-2H3,(H3,18,19,20,21,22). The third-order valence-electron chi connectivity index (χ3n) is 3.29. The largest absolute Gasteiger partial charge is 0.382 e. The van der Waals surface area contributed by atoms with Gasteiger partial charge >= 0.3 is 0 Å². The molecule has 0 saturated carbocycles. The molecular formula is C15H16ClFN6S. The van der Waals surface area contributed by atoms with Crippen molar-refractivity contribution in [3.05, 3.63) is 29.0 Å². The molecule has 0 fully saturated rings. The van der Waals surface area contributed by atoms with Crippen molar-refractivity contribution in [2.75, 3.05) is 38.2 Å². The number of fused-ring (bicyclic) bond motifs is 1. The molecule has 3 aromatic rings. The predicted molar refractivity (Wildman–Crippen MR) is 97.1 cm³/mol. The number of nitrogens with one attached hydrogen (secondary N) is 1. The molecule has 0 aliphatic rings. The van der Waals surface area contributed by atoms with E-state index in [1.165, 1.54) is 23.5 Å². The Morgan fingerprint density at radius 1 is 1.29 bits per heavy atom. The predicted octanol–water partition coefficient (Wildman–Crippen LogP) is 3.10. The van der Waals surface area contributed by atoms with E-state index in [9.17, 15) is 4.39 Å². The van der Waals surface area contributed by atoms with Gasteiger partial charge in [0, 0.05) is 18.7 Å². The number of anilines is 2. The number of thiazole rings is 1. The Balaban J connectivity index is 1.92. The van der Waals surface area contributed by atoms with Crippen LogP contribution in [0.2, 0.25) is 5.02 Å². The molecule has 0 atom stereocenters. The first-order chi connectivity index (χ1) is 11.4. The zero-order valence-corrected chi connectivity index (χ0v) is 14.7. The molecule has 0 spiro atoms. The van der Waals surface area contributed by atoms with Crippen LogP contribution in [0.4, 0.5) is 15.3 Å². The number of aromatic nitrogens is 3. The Bertz CT molecular complexity index is 882. The van der Waals surface area contributed by atoms with Gasteiger partial charge in [0.25, 0.3) is 0 Å². The van der Waals surface area contributed by atoms with Crippen LogP contribution in [0, 0.1) is 5.82 Å². The Morgan fingerprint density at radius 2 is 2.08 bits per heavy atom. The summed E-state index contributed by atoms with van der Waals surface area (Å²) in [6.45, 7) is 1.65. The first kappa shape index (κ1) is 16.8. The molecule has 0 unspecified atom stereocenters. The first-order valence-electron chi connectivity index (χ1n) is 7.22. The van der Waals surface area contributed by atoms with Gasteiger partial charge in [0.2, 0.25) is 0 Å². The molecule has 0 amide bonds. The van der Waals surface area contributed by atoms with E-state index < -0.39 is 5.82 Å². The molecule has 2 heterocycles. The van der Waals surface area contributed by atoms with Gasteiger partial charge in [-0.15, -0.1) is 0 Å². The van der Waals surface area contributed by atoms with Crippen molar-refractivity contribution in [1.82, 2.24) is 19.9 Å². The van der Waals surface area contributed by atoms with Gasteiger partial charge in [-0.2, -0.15) is 4.98 Å². The highest BCUT2D eigenvalue weighted by molar-refractivity contribution is 7.22. The minimum Gasteiger partial charge on any atom is -0.382 e. The van der Waals surface area contributed by atoms with Crippen LogP contribution >= 0.6 is 22.9 Å². The molecule has 3 N–H and O–H groups in total. The Morgan fingerprint density at radius 3 is 2.79 bits per heavy atom. The summed E-state index contributed by atoms with van der Waals surface area (Å²) in [6, 6.07) is 4.31.